The predicted molar refractivity (Wildman–Crippen MR) is 59.9 cm³/mol. The van der Waals surface area contributed by atoms with Crippen LogP contribution >= 0.6 is 0 Å². The highest BCUT2D eigenvalue weighted by molar-refractivity contribution is 5.27. The molecule has 0 radical (unpaired) electrons. The molecule has 0 amide bonds. The van der Waals surface area contributed by atoms with Crippen LogP contribution in [-0.4, -0.2) is 19.4 Å². The maximum Gasteiger partial charge on any atom is 0.416 e. The van der Waals surface area contributed by atoms with Gasteiger partial charge in [-0.2, -0.15) is 26.3 Å². The first kappa shape index (κ1) is 16.8. The molecule has 0 aliphatic carbocycles. The first-order chi connectivity index (χ1) is 9.09. The van der Waals surface area contributed by atoms with Gasteiger partial charge < -0.3 is 10.5 Å². The summed E-state index contributed by atoms with van der Waals surface area (Å²) in [7, 11) is 0. The van der Waals surface area contributed by atoms with Gasteiger partial charge in [-0.25, -0.2) is 0 Å². The third-order valence-corrected chi connectivity index (χ3v) is 2.47. The highest BCUT2D eigenvalue weighted by Crippen LogP contribution is 2.30. The number of nitrogens with two attached hydrogens (primary N) is 1. The minimum absolute atomic E-state index is 0.159. The lowest BCUT2D eigenvalue weighted by Gasteiger charge is -2.15. The minimum atomic E-state index is -4.49. The summed E-state index contributed by atoms with van der Waals surface area (Å²) in [5.41, 5.74) is 4.88. The summed E-state index contributed by atoms with van der Waals surface area (Å²) in [6.45, 7) is -0.854. The van der Waals surface area contributed by atoms with Crippen molar-refractivity contribution in [1.82, 2.24) is 0 Å². The molecule has 8 heteroatoms. The third-order valence-electron chi connectivity index (χ3n) is 2.47. The summed E-state index contributed by atoms with van der Waals surface area (Å²) >= 11 is 0. The van der Waals surface area contributed by atoms with Crippen LogP contribution in [0.15, 0.2) is 24.3 Å². The molecule has 1 aromatic carbocycles. The van der Waals surface area contributed by atoms with Crippen LogP contribution in [0.25, 0.3) is 0 Å². The van der Waals surface area contributed by atoms with Crippen molar-refractivity contribution in [2.45, 2.75) is 24.8 Å². The van der Waals surface area contributed by atoms with Crippen molar-refractivity contribution in [3.05, 3.63) is 35.4 Å². The Balaban J connectivity index is 2.54. The summed E-state index contributed by atoms with van der Waals surface area (Å²) in [5.74, 6) is 0. The van der Waals surface area contributed by atoms with E-state index >= 15 is 0 Å². The zero-order valence-electron chi connectivity index (χ0n) is 10.3. The second-order valence-electron chi connectivity index (χ2n) is 4.17. The Hall–Kier alpha value is -1.28. The molecule has 2 N–H and O–H groups in total. The molecule has 1 rings (SSSR count). The van der Waals surface area contributed by atoms with E-state index in [0.717, 1.165) is 12.1 Å². The van der Waals surface area contributed by atoms with Gasteiger partial charge in [0.1, 0.15) is 0 Å². The molecule has 0 spiro atoms. The van der Waals surface area contributed by atoms with E-state index in [9.17, 15) is 26.3 Å². The van der Waals surface area contributed by atoms with Gasteiger partial charge in [0.15, 0.2) is 0 Å². The van der Waals surface area contributed by atoms with Crippen LogP contribution < -0.4 is 5.73 Å². The highest BCUT2D eigenvalue weighted by Gasteiger charge is 2.31. The van der Waals surface area contributed by atoms with E-state index in [1.807, 2.05) is 0 Å². The molecule has 2 nitrogen and oxygen atoms in total. The van der Waals surface area contributed by atoms with Crippen LogP contribution in [0.4, 0.5) is 26.3 Å². The second kappa shape index (κ2) is 6.45. The summed E-state index contributed by atoms with van der Waals surface area (Å²) in [4.78, 5) is 0. The van der Waals surface area contributed by atoms with Gasteiger partial charge in [-0.05, 0) is 17.7 Å². The van der Waals surface area contributed by atoms with Crippen molar-refractivity contribution in [2.24, 2.45) is 5.73 Å². The summed E-state index contributed by atoms with van der Waals surface area (Å²) in [6.07, 6.45) is -9.95. The fraction of sp³-hybridized carbons (Fsp3) is 0.500. The lowest BCUT2D eigenvalue weighted by molar-refractivity contribution is -0.145. The Labute approximate surface area is 111 Å². The maximum absolute atomic E-state index is 12.5. The van der Waals surface area contributed by atoms with Crippen LogP contribution in [-0.2, 0) is 10.9 Å². The Bertz CT molecular complexity index is 429. The van der Waals surface area contributed by atoms with Gasteiger partial charge in [0.05, 0.1) is 31.2 Å². The molecule has 0 aliphatic heterocycles. The van der Waals surface area contributed by atoms with Crippen molar-refractivity contribution < 1.29 is 31.1 Å². The van der Waals surface area contributed by atoms with Crippen LogP contribution in [0.1, 0.15) is 23.6 Å². The monoisotopic (exact) mass is 301 g/mol. The van der Waals surface area contributed by atoms with Crippen molar-refractivity contribution in [2.75, 3.05) is 13.2 Å². The van der Waals surface area contributed by atoms with Gasteiger partial charge in [0.25, 0.3) is 0 Å². The molecule has 0 bridgehead atoms. The Morgan fingerprint density at radius 2 is 1.75 bits per heavy atom. The molecule has 0 heterocycles. The molecule has 0 fully saturated rings. The zero-order chi connectivity index (χ0) is 15.4. The second-order valence-corrected chi connectivity index (χ2v) is 4.17. The van der Waals surface area contributed by atoms with Gasteiger partial charge in [0, 0.05) is 0 Å². The largest absolute Gasteiger partial charge is 0.416 e. The van der Waals surface area contributed by atoms with Crippen molar-refractivity contribution in [3.8, 4) is 0 Å². The lowest BCUT2D eigenvalue weighted by Crippen LogP contribution is -2.20. The molecule has 114 valence electrons. The smallest absolute Gasteiger partial charge is 0.379 e. The first-order valence-electron chi connectivity index (χ1n) is 5.67. The standard InChI is InChI=1S/C12H13F6NO/c13-11(14,15)4-5-20-7-10(19)8-2-1-3-9(6-8)12(16,17)18/h1-3,6,10H,4-5,7,19H2. The lowest BCUT2D eigenvalue weighted by atomic mass is 10.0. The van der Waals surface area contributed by atoms with E-state index in [0.29, 0.717) is 0 Å². The zero-order valence-corrected chi connectivity index (χ0v) is 10.3. The minimum Gasteiger partial charge on any atom is -0.379 e. The Morgan fingerprint density at radius 3 is 2.30 bits per heavy atom. The normalized spacial score (nSPS) is 14.3. The number of rotatable bonds is 5. The summed E-state index contributed by atoms with van der Waals surface area (Å²) < 4.78 is 77.7. The average Bonchev–Trinajstić information content (AvgIpc) is 2.32. The number of alkyl halides is 6. The number of ether oxygens (including phenoxy) is 1. The average molecular weight is 301 g/mol. The molecule has 0 saturated carbocycles. The SMILES string of the molecule is NC(COCCC(F)(F)F)c1cccc(C(F)(F)F)c1. The highest BCUT2D eigenvalue weighted by atomic mass is 19.4. The first-order valence-corrected chi connectivity index (χ1v) is 5.67. The number of halogens is 6. The van der Waals surface area contributed by atoms with Crippen molar-refractivity contribution >= 4 is 0 Å². The van der Waals surface area contributed by atoms with E-state index in [4.69, 9.17) is 10.5 Å². The molecule has 0 aromatic heterocycles. The van der Waals surface area contributed by atoms with E-state index in [1.165, 1.54) is 12.1 Å². The predicted octanol–water partition coefficient (Wildman–Crippen LogP) is 3.67. The molecule has 1 atom stereocenters. The molecular formula is C12H13F6NO. The van der Waals surface area contributed by atoms with Gasteiger partial charge in [-0.15, -0.1) is 0 Å². The number of hydrogen-bond acceptors (Lipinski definition) is 2. The maximum atomic E-state index is 12.5. The van der Waals surface area contributed by atoms with Gasteiger partial charge >= 0.3 is 12.4 Å². The Morgan fingerprint density at radius 1 is 1.10 bits per heavy atom. The van der Waals surface area contributed by atoms with Gasteiger partial charge in [-0.1, -0.05) is 12.1 Å². The molecule has 0 saturated heterocycles. The summed E-state index contributed by atoms with van der Waals surface area (Å²) in [6, 6.07) is 3.39. The molecule has 0 aliphatic rings. The van der Waals surface area contributed by atoms with Crippen LogP contribution in [0.2, 0.25) is 0 Å². The quantitative estimate of drug-likeness (QED) is 0.665. The van der Waals surface area contributed by atoms with E-state index < -0.39 is 37.0 Å². The molecule has 1 aromatic rings. The van der Waals surface area contributed by atoms with E-state index in [-0.39, 0.29) is 12.2 Å². The fourth-order valence-electron chi connectivity index (χ4n) is 1.44. The topological polar surface area (TPSA) is 35.2 Å². The van der Waals surface area contributed by atoms with Crippen molar-refractivity contribution in [3.63, 3.8) is 0 Å². The van der Waals surface area contributed by atoms with E-state index in [1.54, 1.807) is 0 Å². The molecule has 1 unspecified atom stereocenters. The van der Waals surface area contributed by atoms with Crippen LogP contribution in [0.3, 0.4) is 0 Å². The van der Waals surface area contributed by atoms with Gasteiger partial charge in [0.2, 0.25) is 0 Å². The number of hydrogen-bond donors (Lipinski definition) is 1. The molecular weight excluding hydrogens is 288 g/mol. The molecule has 20 heavy (non-hydrogen) atoms. The third kappa shape index (κ3) is 5.79. The number of benzene rings is 1. The van der Waals surface area contributed by atoms with Gasteiger partial charge in [-0.3, -0.25) is 0 Å². The van der Waals surface area contributed by atoms with Crippen molar-refractivity contribution in [1.29, 1.82) is 0 Å². The van der Waals surface area contributed by atoms with Crippen LogP contribution in [0.5, 0.6) is 0 Å². The van der Waals surface area contributed by atoms with Crippen LogP contribution in [0, 0.1) is 0 Å². The summed E-state index contributed by atoms with van der Waals surface area (Å²) in [5, 5.41) is 0. The fourth-order valence-corrected chi connectivity index (χ4v) is 1.44. The van der Waals surface area contributed by atoms with E-state index in [2.05, 4.69) is 0 Å². The Kier molecular flexibility index (Phi) is 5.41.